The highest BCUT2D eigenvalue weighted by molar-refractivity contribution is 7.99. The zero-order valence-corrected chi connectivity index (χ0v) is 14.2. The molecule has 3 aromatic rings. The first kappa shape index (κ1) is 16.3. The van der Waals surface area contributed by atoms with E-state index in [0.717, 1.165) is 16.4 Å². The summed E-state index contributed by atoms with van der Waals surface area (Å²) in [5.74, 6) is 0.298. The normalized spacial score (nSPS) is 10.5. The molecule has 2 heterocycles. The van der Waals surface area contributed by atoms with Gasteiger partial charge < -0.3 is 5.32 Å². The molecule has 6 heteroatoms. The Bertz CT molecular complexity index is 817. The maximum atomic E-state index is 12.0. The van der Waals surface area contributed by atoms with Crippen LogP contribution >= 0.6 is 11.8 Å². The number of carbonyl (C=O) groups is 1. The molecule has 0 radical (unpaired) electrons. The number of aromatic nitrogens is 3. The van der Waals surface area contributed by atoms with Gasteiger partial charge in [-0.25, -0.2) is 4.98 Å². The lowest BCUT2D eigenvalue weighted by molar-refractivity contribution is -0.118. The number of amides is 1. The molecule has 0 aliphatic rings. The van der Waals surface area contributed by atoms with Crippen molar-refractivity contribution in [3.8, 4) is 5.69 Å². The Morgan fingerprint density at radius 1 is 1.21 bits per heavy atom. The van der Waals surface area contributed by atoms with Gasteiger partial charge in [-0.1, -0.05) is 36.0 Å². The fourth-order valence-electron chi connectivity index (χ4n) is 2.30. The van der Waals surface area contributed by atoms with Gasteiger partial charge >= 0.3 is 0 Å². The van der Waals surface area contributed by atoms with Crippen molar-refractivity contribution in [1.82, 2.24) is 19.9 Å². The van der Waals surface area contributed by atoms with Crippen LogP contribution in [0.5, 0.6) is 0 Å². The van der Waals surface area contributed by atoms with Crippen molar-refractivity contribution < 1.29 is 4.79 Å². The lowest BCUT2D eigenvalue weighted by atomic mass is 10.2. The Morgan fingerprint density at radius 2 is 2.08 bits per heavy atom. The van der Waals surface area contributed by atoms with Gasteiger partial charge in [0.15, 0.2) is 5.16 Å². The van der Waals surface area contributed by atoms with E-state index >= 15 is 0 Å². The number of carbonyl (C=O) groups excluding carboxylic acids is 1. The van der Waals surface area contributed by atoms with Crippen LogP contribution < -0.4 is 5.32 Å². The summed E-state index contributed by atoms with van der Waals surface area (Å²) in [4.78, 5) is 20.4. The van der Waals surface area contributed by atoms with Crippen LogP contribution in [0.25, 0.3) is 5.69 Å². The van der Waals surface area contributed by atoms with Crippen LogP contribution in [0.15, 0.2) is 66.3 Å². The topological polar surface area (TPSA) is 59.8 Å². The van der Waals surface area contributed by atoms with Crippen LogP contribution in [0.4, 0.5) is 0 Å². The Morgan fingerprint density at radius 3 is 2.88 bits per heavy atom. The maximum absolute atomic E-state index is 12.0. The summed E-state index contributed by atoms with van der Waals surface area (Å²) in [5, 5.41) is 3.70. The van der Waals surface area contributed by atoms with E-state index in [1.54, 1.807) is 18.6 Å². The molecule has 1 amide bonds. The van der Waals surface area contributed by atoms with Gasteiger partial charge in [-0.05, 0) is 30.2 Å². The fraction of sp³-hybridized carbons (Fsp3) is 0.167. The van der Waals surface area contributed by atoms with Crippen LogP contribution in [-0.4, -0.2) is 26.2 Å². The number of pyridine rings is 1. The summed E-state index contributed by atoms with van der Waals surface area (Å²) in [6.45, 7) is 2.55. The van der Waals surface area contributed by atoms with E-state index in [0.29, 0.717) is 12.3 Å². The van der Waals surface area contributed by atoms with Gasteiger partial charge in [-0.2, -0.15) is 0 Å². The molecule has 5 nitrogen and oxygen atoms in total. The standard InChI is InChI=1S/C18H18N4OS/c1-14-5-2-3-7-16(14)22-10-9-20-18(22)24-13-17(23)21-12-15-6-4-8-19-11-15/h2-11H,12-13H2,1H3,(H,21,23). The number of nitrogens with zero attached hydrogens (tertiary/aromatic N) is 3. The van der Waals surface area contributed by atoms with Gasteiger partial charge in [0.05, 0.1) is 11.4 Å². The third-order valence-electron chi connectivity index (χ3n) is 3.53. The summed E-state index contributed by atoms with van der Waals surface area (Å²) >= 11 is 1.42. The molecule has 0 atom stereocenters. The van der Waals surface area contributed by atoms with Crippen molar-refractivity contribution >= 4 is 17.7 Å². The third kappa shape index (κ3) is 4.02. The van der Waals surface area contributed by atoms with Gasteiger partial charge in [-0.15, -0.1) is 0 Å². The lowest BCUT2D eigenvalue weighted by Crippen LogP contribution is -2.24. The monoisotopic (exact) mass is 338 g/mol. The Hall–Kier alpha value is -2.60. The van der Waals surface area contributed by atoms with Crippen LogP contribution in [-0.2, 0) is 11.3 Å². The van der Waals surface area contributed by atoms with Gasteiger partial charge in [0.2, 0.25) is 5.91 Å². The average molecular weight is 338 g/mol. The van der Waals surface area contributed by atoms with E-state index in [9.17, 15) is 4.79 Å². The van der Waals surface area contributed by atoms with Gasteiger partial charge in [-0.3, -0.25) is 14.3 Å². The van der Waals surface area contributed by atoms with Crippen molar-refractivity contribution in [2.45, 2.75) is 18.6 Å². The molecule has 0 saturated carbocycles. The van der Waals surface area contributed by atoms with Crippen molar-refractivity contribution in [3.05, 3.63) is 72.3 Å². The molecule has 0 unspecified atom stereocenters. The molecule has 2 aromatic heterocycles. The van der Waals surface area contributed by atoms with Crippen LogP contribution in [0, 0.1) is 6.92 Å². The van der Waals surface area contributed by atoms with E-state index in [1.807, 2.05) is 41.1 Å². The second-order valence-electron chi connectivity index (χ2n) is 5.29. The Kier molecular flexibility index (Phi) is 5.28. The number of nitrogens with one attached hydrogen (secondary N) is 1. The van der Waals surface area contributed by atoms with Gasteiger partial charge in [0, 0.05) is 31.3 Å². The minimum atomic E-state index is -0.0248. The number of thioether (sulfide) groups is 1. The SMILES string of the molecule is Cc1ccccc1-n1ccnc1SCC(=O)NCc1cccnc1. The predicted molar refractivity (Wildman–Crippen MR) is 95.1 cm³/mol. The second-order valence-corrected chi connectivity index (χ2v) is 6.24. The molecule has 0 aliphatic carbocycles. The average Bonchev–Trinajstić information content (AvgIpc) is 3.08. The van der Waals surface area contributed by atoms with Gasteiger partial charge in [0.25, 0.3) is 0 Å². The Balaban J connectivity index is 1.59. The molecule has 3 rings (SSSR count). The van der Waals surface area contributed by atoms with E-state index in [1.165, 1.54) is 17.3 Å². The van der Waals surface area contributed by atoms with E-state index < -0.39 is 0 Å². The van der Waals surface area contributed by atoms with Crippen molar-refractivity contribution in [1.29, 1.82) is 0 Å². The van der Waals surface area contributed by atoms with Crippen molar-refractivity contribution in [2.75, 3.05) is 5.75 Å². The summed E-state index contributed by atoms with van der Waals surface area (Å²) in [7, 11) is 0. The molecule has 1 aromatic carbocycles. The molecular formula is C18H18N4OS. The fourth-order valence-corrected chi connectivity index (χ4v) is 3.09. The summed E-state index contributed by atoms with van der Waals surface area (Å²) in [6, 6.07) is 11.9. The Labute approximate surface area is 145 Å². The lowest BCUT2D eigenvalue weighted by Gasteiger charge is -2.10. The number of rotatable bonds is 6. The van der Waals surface area contributed by atoms with Crippen LogP contribution in [0.2, 0.25) is 0 Å². The van der Waals surface area contributed by atoms with Gasteiger partial charge in [0.1, 0.15) is 0 Å². The minimum absolute atomic E-state index is 0.0248. The zero-order valence-electron chi connectivity index (χ0n) is 13.3. The molecule has 122 valence electrons. The second kappa shape index (κ2) is 7.79. The molecule has 24 heavy (non-hydrogen) atoms. The number of benzene rings is 1. The predicted octanol–water partition coefficient (Wildman–Crippen LogP) is 2.98. The third-order valence-corrected chi connectivity index (χ3v) is 4.49. The van der Waals surface area contributed by atoms with Crippen LogP contribution in [0.3, 0.4) is 0 Å². The zero-order chi connectivity index (χ0) is 16.8. The maximum Gasteiger partial charge on any atom is 0.230 e. The first-order valence-electron chi connectivity index (χ1n) is 7.62. The van der Waals surface area contributed by atoms with Crippen LogP contribution in [0.1, 0.15) is 11.1 Å². The summed E-state index contributed by atoms with van der Waals surface area (Å²) in [5.41, 5.74) is 3.23. The molecule has 0 saturated heterocycles. The highest BCUT2D eigenvalue weighted by Crippen LogP contribution is 2.22. The number of imidazole rings is 1. The van der Waals surface area contributed by atoms with E-state index in [4.69, 9.17) is 0 Å². The highest BCUT2D eigenvalue weighted by atomic mass is 32.2. The number of para-hydroxylation sites is 1. The quantitative estimate of drug-likeness (QED) is 0.702. The van der Waals surface area contributed by atoms with Crippen molar-refractivity contribution in [3.63, 3.8) is 0 Å². The largest absolute Gasteiger partial charge is 0.351 e. The summed E-state index contributed by atoms with van der Waals surface area (Å²) < 4.78 is 2.01. The van der Waals surface area contributed by atoms with Crippen molar-refractivity contribution in [2.24, 2.45) is 0 Å². The minimum Gasteiger partial charge on any atom is -0.351 e. The molecule has 0 aliphatic heterocycles. The molecule has 0 bridgehead atoms. The first-order valence-corrected chi connectivity index (χ1v) is 8.60. The van der Waals surface area contributed by atoms with E-state index in [-0.39, 0.29) is 5.91 Å². The molecule has 0 spiro atoms. The number of aryl methyl sites for hydroxylation is 1. The smallest absolute Gasteiger partial charge is 0.230 e. The first-order chi connectivity index (χ1) is 11.7. The highest BCUT2D eigenvalue weighted by Gasteiger charge is 2.10. The summed E-state index contributed by atoms with van der Waals surface area (Å²) in [6.07, 6.45) is 7.13. The number of hydrogen-bond donors (Lipinski definition) is 1. The van der Waals surface area contributed by atoms with E-state index in [2.05, 4.69) is 28.3 Å². The molecular weight excluding hydrogens is 320 g/mol. The molecule has 1 N–H and O–H groups in total. The molecule has 0 fully saturated rings. The number of hydrogen-bond acceptors (Lipinski definition) is 4.